The van der Waals surface area contributed by atoms with E-state index in [1.54, 1.807) is 0 Å². The number of ether oxygens (including phenoxy) is 1. The van der Waals surface area contributed by atoms with Crippen LogP contribution in [0.25, 0.3) is 11.0 Å². The van der Waals surface area contributed by atoms with Gasteiger partial charge < -0.3 is 19.5 Å². The van der Waals surface area contributed by atoms with Crippen molar-refractivity contribution in [3.63, 3.8) is 0 Å². The van der Waals surface area contributed by atoms with Gasteiger partial charge in [-0.15, -0.1) is 0 Å². The van der Waals surface area contributed by atoms with Crippen LogP contribution in [0.1, 0.15) is 18.3 Å². The molecule has 0 unspecified atom stereocenters. The molecule has 1 aromatic heterocycles. The molecule has 4 rings (SSSR count). The number of aromatic nitrogens is 2. The molecule has 1 aliphatic rings. The van der Waals surface area contributed by atoms with Crippen LogP contribution >= 0.6 is 0 Å². The van der Waals surface area contributed by atoms with E-state index in [4.69, 9.17) is 9.72 Å². The first kappa shape index (κ1) is 21.3. The quantitative estimate of drug-likeness (QED) is 0.635. The van der Waals surface area contributed by atoms with Gasteiger partial charge in [0.2, 0.25) is 0 Å². The molecule has 2 heterocycles. The number of carbonyl (C=O) groups is 1. The number of fused-ring (bicyclic) bond motifs is 1. The van der Waals surface area contributed by atoms with Crippen LogP contribution in [0, 0.1) is 6.92 Å². The minimum Gasteiger partial charge on any atom is -0.483 e. The van der Waals surface area contributed by atoms with E-state index in [9.17, 15) is 4.79 Å². The SMILES string of the molecule is CCN1CCN(Cc2nc3cc(NC(=O)COc4ccccc4C)ccc3n2C)CC1. The molecule has 0 bridgehead atoms. The molecular formula is C24H31N5O2. The molecule has 164 valence electrons. The van der Waals surface area contributed by atoms with Crippen molar-refractivity contribution in [1.82, 2.24) is 19.4 Å². The monoisotopic (exact) mass is 421 g/mol. The number of piperazine rings is 1. The number of benzene rings is 2. The van der Waals surface area contributed by atoms with Crippen LogP contribution in [0.2, 0.25) is 0 Å². The second-order valence-corrected chi connectivity index (χ2v) is 8.10. The number of rotatable bonds is 7. The predicted molar refractivity (Wildman–Crippen MR) is 123 cm³/mol. The van der Waals surface area contributed by atoms with Gasteiger partial charge in [-0.25, -0.2) is 4.98 Å². The molecular weight excluding hydrogens is 390 g/mol. The molecule has 31 heavy (non-hydrogen) atoms. The highest BCUT2D eigenvalue weighted by molar-refractivity contribution is 5.94. The molecule has 1 N–H and O–H groups in total. The Kier molecular flexibility index (Phi) is 6.53. The topological polar surface area (TPSA) is 62.6 Å². The van der Waals surface area contributed by atoms with Gasteiger partial charge in [-0.1, -0.05) is 25.1 Å². The van der Waals surface area contributed by atoms with Gasteiger partial charge in [0.1, 0.15) is 11.6 Å². The third-order valence-electron chi connectivity index (χ3n) is 5.99. The van der Waals surface area contributed by atoms with Gasteiger partial charge in [0.25, 0.3) is 5.91 Å². The second kappa shape index (κ2) is 9.49. The normalized spacial score (nSPS) is 15.3. The van der Waals surface area contributed by atoms with Crippen LogP contribution in [0.15, 0.2) is 42.5 Å². The maximum Gasteiger partial charge on any atom is 0.262 e. The molecule has 2 aromatic carbocycles. The van der Waals surface area contributed by atoms with Crippen molar-refractivity contribution in [2.24, 2.45) is 7.05 Å². The number of nitrogens with zero attached hydrogens (tertiary/aromatic N) is 4. The number of para-hydroxylation sites is 1. The molecule has 0 aliphatic carbocycles. The summed E-state index contributed by atoms with van der Waals surface area (Å²) in [6.07, 6.45) is 0. The molecule has 0 radical (unpaired) electrons. The lowest BCUT2D eigenvalue weighted by Crippen LogP contribution is -2.45. The molecule has 1 saturated heterocycles. The Balaban J connectivity index is 1.39. The number of amides is 1. The third-order valence-corrected chi connectivity index (χ3v) is 5.99. The van der Waals surface area contributed by atoms with Crippen molar-refractivity contribution in [2.75, 3.05) is 44.6 Å². The van der Waals surface area contributed by atoms with Gasteiger partial charge in [-0.05, 0) is 43.3 Å². The maximum absolute atomic E-state index is 12.3. The number of anilines is 1. The number of imidazole rings is 1. The van der Waals surface area contributed by atoms with E-state index in [0.29, 0.717) is 0 Å². The van der Waals surface area contributed by atoms with Gasteiger partial charge >= 0.3 is 0 Å². The van der Waals surface area contributed by atoms with Crippen molar-refractivity contribution in [3.8, 4) is 5.75 Å². The highest BCUT2D eigenvalue weighted by atomic mass is 16.5. The van der Waals surface area contributed by atoms with Crippen molar-refractivity contribution in [3.05, 3.63) is 53.9 Å². The Morgan fingerprint density at radius 1 is 1.10 bits per heavy atom. The first-order valence-corrected chi connectivity index (χ1v) is 10.9. The largest absolute Gasteiger partial charge is 0.483 e. The van der Waals surface area contributed by atoms with Gasteiger partial charge in [-0.2, -0.15) is 0 Å². The summed E-state index contributed by atoms with van der Waals surface area (Å²) in [7, 11) is 2.06. The number of carbonyl (C=O) groups excluding carboxylic acids is 1. The van der Waals surface area contributed by atoms with E-state index < -0.39 is 0 Å². The summed E-state index contributed by atoms with van der Waals surface area (Å²) in [6, 6.07) is 13.5. The van der Waals surface area contributed by atoms with Gasteiger partial charge in [-0.3, -0.25) is 9.69 Å². The Bertz CT molecular complexity index is 1050. The fourth-order valence-corrected chi connectivity index (χ4v) is 3.99. The van der Waals surface area contributed by atoms with E-state index >= 15 is 0 Å². The van der Waals surface area contributed by atoms with Crippen LogP contribution in [-0.4, -0.2) is 64.6 Å². The molecule has 0 atom stereocenters. The van der Waals surface area contributed by atoms with Crippen molar-refractivity contribution in [2.45, 2.75) is 20.4 Å². The lowest BCUT2D eigenvalue weighted by atomic mass is 10.2. The first-order valence-electron chi connectivity index (χ1n) is 10.9. The highest BCUT2D eigenvalue weighted by Gasteiger charge is 2.18. The zero-order chi connectivity index (χ0) is 21.8. The van der Waals surface area contributed by atoms with Gasteiger partial charge in [0, 0.05) is 38.9 Å². The summed E-state index contributed by atoms with van der Waals surface area (Å²) in [5.41, 5.74) is 3.69. The van der Waals surface area contributed by atoms with Crippen LogP contribution in [0.3, 0.4) is 0 Å². The molecule has 0 spiro atoms. The average Bonchev–Trinajstić information content (AvgIpc) is 3.08. The van der Waals surface area contributed by atoms with E-state index in [2.05, 4.69) is 33.7 Å². The molecule has 3 aromatic rings. The number of nitrogens with one attached hydrogen (secondary N) is 1. The predicted octanol–water partition coefficient (Wildman–Crippen LogP) is 3.04. The summed E-state index contributed by atoms with van der Waals surface area (Å²) in [4.78, 5) is 22.1. The molecule has 7 nitrogen and oxygen atoms in total. The molecule has 1 amide bonds. The van der Waals surface area contributed by atoms with Gasteiger partial charge in [0.05, 0.1) is 17.6 Å². The number of likely N-dealkylation sites (N-methyl/N-ethyl adjacent to an activating group) is 1. The van der Waals surface area contributed by atoms with Crippen LogP contribution < -0.4 is 10.1 Å². The molecule has 1 aliphatic heterocycles. The second-order valence-electron chi connectivity index (χ2n) is 8.10. The smallest absolute Gasteiger partial charge is 0.262 e. The van der Waals surface area contributed by atoms with Crippen molar-refractivity contribution >= 4 is 22.6 Å². The summed E-state index contributed by atoms with van der Waals surface area (Å²) >= 11 is 0. The zero-order valence-electron chi connectivity index (χ0n) is 18.6. The Morgan fingerprint density at radius 3 is 2.58 bits per heavy atom. The number of hydrogen-bond donors (Lipinski definition) is 1. The number of aryl methyl sites for hydroxylation is 2. The first-order chi connectivity index (χ1) is 15.0. The third kappa shape index (κ3) is 5.06. The minimum absolute atomic E-state index is 0.0277. The summed E-state index contributed by atoms with van der Waals surface area (Å²) in [6.45, 7) is 10.5. The lowest BCUT2D eigenvalue weighted by molar-refractivity contribution is -0.118. The van der Waals surface area contributed by atoms with E-state index in [-0.39, 0.29) is 12.5 Å². The molecule has 7 heteroatoms. The fourth-order valence-electron chi connectivity index (χ4n) is 3.99. The van der Waals surface area contributed by atoms with E-state index in [0.717, 1.165) is 73.1 Å². The Labute approximate surface area is 183 Å². The molecule has 1 fully saturated rings. The van der Waals surface area contributed by atoms with Crippen LogP contribution in [-0.2, 0) is 18.4 Å². The average molecular weight is 422 g/mol. The van der Waals surface area contributed by atoms with Crippen molar-refractivity contribution < 1.29 is 9.53 Å². The van der Waals surface area contributed by atoms with E-state index in [1.807, 2.05) is 49.4 Å². The van der Waals surface area contributed by atoms with Crippen molar-refractivity contribution in [1.29, 1.82) is 0 Å². The summed E-state index contributed by atoms with van der Waals surface area (Å²) < 4.78 is 7.79. The van der Waals surface area contributed by atoms with Gasteiger partial charge in [0.15, 0.2) is 6.61 Å². The number of hydrogen-bond acceptors (Lipinski definition) is 5. The highest BCUT2D eigenvalue weighted by Crippen LogP contribution is 2.21. The minimum atomic E-state index is -0.187. The van der Waals surface area contributed by atoms with Crippen LogP contribution in [0.5, 0.6) is 5.75 Å². The summed E-state index contributed by atoms with van der Waals surface area (Å²) in [5, 5.41) is 2.92. The standard InChI is InChI=1S/C24H31N5O2/c1-4-28-11-13-29(14-12-28)16-23-26-20-15-19(9-10-21(20)27(23)3)25-24(30)17-31-22-8-6-5-7-18(22)2/h5-10,15H,4,11-14,16-17H2,1-3H3,(H,25,30). The maximum atomic E-state index is 12.3. The van der Waals surface area contributed by atoms with E-state index in [1.165, 1.54) is 0 Å². The fraction of sp³-hybridized carbons (Fsp3) is 0.417. The lowest BCUT2D eigenvalue weighted by Gasteiger charge is -2.33. The molecule has 0 saturated carbocycles. The Morgan fingerprint density at radius 2 is 1.84 bits per heavy atom. The summed E-state index contributed by atoms with van der Waals surface area (Å²) in [5.74, 6) is 1.58. The van der Waals surface area contributed by atoms with Crippen LogP contribution in [0.4, 0.5) is 5.69 Å². The Hall–Kier alpha value is -2.90. The zero-order valence-corrected chi connectivity index (χ0v) is 18.6.